The summed E-state index contributed by atoms with van der Waals surface area (Å²) in [5.41, 5.74) is 8.89. The average Bonchev–Trinajstić information content (AvgIpc) is 2.40. The van der Waals surface area contributed by atoms with Crippen molar-refractivity contribution in [3.05, 3.63) is 69.8 Å². The van der Waals surface area contributed by atoms with Crippen molar-refractivity contribution in [3.8, 4) is 0 Å². The van der Waals surface area contributed by atoms with Gasteiger partial charge in [0.2, 0.25) is 0 Å². The Morgan fingerprint density at radius 3 is 1.26 bits per heavy atom. The maximum atomic E-state index is 2.36. The van der Waals surface area contributed by atoms with Crippen LogP contribution < -0.4 is 0 Å². The van der Waals surface area contributed by atoms with Gasteiger partial charge >= 0.3 is 0 Å². The van der Waals surface area contributed by atoms with Crippen LogP contribution in [-0.4, -0.2) is 0 Å². The number of hydrogen-bond acceptors (Lipinski definition) is 0. The summed E-state index contributed by atoms with van der Waals surface area (Å²) in [5.74, 6) is 0. The highest BCUT2D eigenvalue weighted by Crippen LogP contribution is 2.32. The summed E-state index contributed by atoms with van der Waals surface area (Å²) in [6.07, 6.45) is 1.01. The van der Waals surface area contributed by atoms with Gasteiger partial charge in [-0.2, -0.15) is 0 Å². The first kappa shape index (κ1) is 17.8. The third kappa shape index (κ3) is 4.25. The summed E-state index contributed by atoms with van der Waals surface area (Å²) in [5, 5.41) is 0. The minimum atomic E-state index is 0.175. The molecule has 0 radical (unpaired) electrons. The van der Waals surface area contributed by atoms with E-state index in [1.807, 2.05) is 0 Å². The van der Waals surface area contributed by atoms with Crippen LogP contribution in [0.5, 0.6) is 0 Å². The first-order valence-electron chi connectivity index (χ1n) is 8.68. The molecule has 0 saturated heterocycles. The molecule has 0 nitrogen and oxygen atoms in total. The maximum absolute atomic E-state index is 2.36. The van der Waals surface area contributed by atoms with E-state index < -0.39 is 0 Å². The molecule has 0 bridgehead atoms. The van der Waals surface area contributed by atoms with Crippen LogP contribution in [0.1, 0.15) is 74.9 Å². The summed E-state index contributed by atoms with van der Waals surface area (Å²) in [6.45, 7) is 18.2. The van der Waals surface area contributed by atoms with Crippen molar-refractivity contribution in [1.82, 2.24) is 0 Å². The van der Waals surface area contributed by atoms with Gasteiger partial charge in [0.05, 0.1) is 0 Å². The molecule has 0 N–H and O–H groups in total. The largest absolute Gasteiger partial charge is 0.0590 e. The summed E-state index contributed by atoms with van der Waals surface area (Å²) in [6, 6.07) is 13.9. The van der Waals surface area contributed by atoms with Gasteiger partial charge in [-0.05, 0) is 53.4 Å². The third-order valence-electron chi connectivity index (χ3n) is 4.53. The molecule has 0 spiro atoms. The zero-order chi connectivity index (χ0) is 17.4. The average molecular weight is 309 g/mol. The molecule has 23 heavy (non-hydrogen) atoms. The normalized spacial score (nSPS) is 12.5. The first-order valence-corrected chi connectivity index (χ1v) is 8.68. The summed E-state index contributed by atoms with van der Waals surface area (Å²) in [7, 11) is 0. The Bertz CT molecular complexity index is 629. The molecule has 124 valence electrons. The van der Waals surface area contributed by atoms with E-state index in [0.717, 1.165) is 6.42 Å². The number of hydrogen-bond donors (Lipinski definition) is 0. The number of rotatable bonds is 2. The van der Waals surface area contributed by atoms with E-state index >= 15 is 0 Å². The van der Waals surface area contributed by atoms with Gasteiger partial charge in [-0.25, -0.2) is 0 Å². The van der Waals surface area contributed by atoms with E-state index in [0.29, 0.717) is 0 Å². The van der Waals surface area contributed by atoms with Gasteiger partial charge in [0.15, 0.2) is 0 Å². The SMILES string of the molecule is Cc1ccc(Cc2ccc(C)cc2C(C)(C)C)c(C(C)(C)C)c1. The van der Waals surface area contributed by atoms with Crippen LogP contribution in [0.15, 0.2) is 36.4 Å². The van der Waals surface area contributed by atoms with Crippen LogP contribution in [-0.2, 0) is 17.3 Å². The monoisotopic (exact) mass is 308 g/mol. The fourth-order valence-corrected chi connectivity index (χ4v) is 3.29. The van der Waals surface area contributed by atoms with Crippen LogP contribution in [0.25, 0.3) is 0 Å². The molecule has 0 heterocycles. The molecule has 0 unspecified atom stereocenters. The van der Waals surface area contributed by atoms with Crippen molar-refractivity contribution in [2.75, 3.05) is 0 Å². The van der Waals surface area contributed by atoms with Gasteiger partial charge in [0.25, 0.3) is 0 Å². The smallest absolute Gasteiger partial charge is 0.00199 e. The second-order valence-corrected chi connectivity index (χ2v) is 9.00. The summed E-state index contributed by atoms with van der Waals surface area (Å²) < 4.78 is 0. The summed E-state index contributed by atoms with van der Waals surface area (Å²) in [4.78, 5) is 0. The molecule has 0 aliphatic rings. The lowest BCUT2D eigenvalue weighted by Crippen LogP contribution is -2.17. The van der Waals surface area contributed by atoms with E-state index in [1.165, 1.54) is 33.4 Å². The van der Waals surface area contributed by atoms with E-state index in [2.05, 4.69) is 91.8 Å². The van der Waals surface area contributed by atoms with Crippen molar-refractivity contribution in [3.63, 3.8) is 0 Å². The van der Waals surface area contributed by atoms with Crippen molar-refractivity contribution in [2.45, 2.75) is 72.6 Å². The summed E-state index contributed by atoms with van der Waals surface area (Å²) >= 11 is 0. The molecular weight excluding hydrogens is 276 g/mol. The Hall–Kier alpha value is -1.56. The molecule has 0 atom stereocenters. The molecule has 0 fully saturated rings. The van der Waals surface area contributed by atoms with Gasteiger partial charge in [-0.1, -0.05) is 89.1 Å². The predicted octanol–water partition coefficient (Wildman–Crippen LogP) is 6.49. The Labute approximate surface area is 143 Å². The molecule has 0 aliphatic heterocycles. The van der Waals surface area contributed by atoms with Crippen LogP contribution >= 0.6 is 0 Å². The third-order valence-corrected chi connectivity index (χ3v) is 4.53. The molecule has 0 aliphatic carbocycles. The zero-order valence-electron chi connectivity index (χ0n) is 16.2. The lowest BCUT2D eigenvalue weighted by Gasteiger charge is -2.27. The zero-order valence-corrected chi connectivity index (χ0v) is 16.2. The first-order chi connectivity index (χ1) is 10.5. The Balaban J connectivity index is 2.53. The van der Waals surface area contributed by atoms with Crippen LogP contribution in [0.3, 0.4) is 0 Å². The van der Waals surface area contributed by atoms with Gasteiger partial charge in [-0.3, -0.25) is 0 Å². The molecule has 0 heteroatoms. The quantitative estimate of drug-likeness (QED) is 0.595. The fraction of sp³-hybridized carbons (Fsp3) is 0.478. The molecule has 0 amide bonds. The molecule has 0 aromatic heterocycles. The van der Waals surface area contributed by atoms with Crippen molar-refractivity contribution < 1.29 is 0 Å². The van der Waals surface area contributed by atoms with Crippen molar-refractivity contribution in [1.29, 1.82) is 0 Å². The lowest BCUT2D eigenvalue weighted by atomic mass is 9.78. The van der Waals surface area contributed by atoms with Gasteiger partial charge < -0.3 is 0 Å². The number of benzene rings is 2. The van der Waals surface area contributed by atoms with E-state index in [4.69, 9.17) is 0 Å². The topological polar surface area (TPSA) is 0 Å². The highest BCUT2D eigenvalue weighted by Gasteiger charge is 2.21. The van der Waals surface area contributed by atoms with E-state index in [-0.39, 0.29) is 10.8 Å². The van der Waals surface area contributed by atoms with E-state index in [9.17, 15) is 0 Å². The molecule has 2 aromatic rings. The molecular formula is C23H32. The van der Waals surface area contributed by atoms with Crippen LogP contribution in [0.2, 0.25) is 0 Å². The van der Waals surface area contributed by atoms with Crippen molar-refractivity contribution >= 4 is 0 Å². The second kappa shape index (κ2) is 6.15. The van der Waals surface area contributed by atoms with Gasteiger partial charge in [-0.15, -0.1) is 0 Å². The van der Waals surface area contributed by atoms with Gasteiger partial charge in [0.1, 0.15) is 0 Å². The second-order valence-electron chi connectivity index (χ2n) is 9.00. The van der Waals surface area contributed by atoms with Crippen molar-refractivity contribution in [2.24, 2.45) is 0 Å². The predicted molar refractivity (Wildman–Crippen MR) is 103 cm³/mol. The Kier molecular flexibility index (Phi) is 4.76. The fourth-order valence-electron chi connectivity index (χ4n) is 3.29. The highest BCUT2D eigenvalue weighted by atomic mass is 14.3. The Morgan fingerprint density at radius 2 is 0.957 bits per heavy atom. The highest BCUT2D eigenvalue weighted by molar-refractivity contribution is 5.44. The van der Waals surface area contributed by atoms with Crippen LogP contribution in [0.4, 0.5) is 0 Å². The molecule has 2 rings (SSSR count). The number of aryl methyl sites for hydroxylation is 2. The molecule has 2 aromatic carbocycles. The van der Waals surface area contributed by atoms with E-state index in [1.54, 1.807) is 0 Å². The Morgan fingerprint density at radius 1 is 0.609 bits per heavy atom. The minimum absolute atomic E-state index is 0.175. The minimum Gasteiger partial charge on any atom is -0.0590 e. The maximum Gasteiger partial charge on any atom is -0.00199 e. The molecule has 0 saturated carbocycles. The van der Waals surface area contributed by atoms with Crippen LogP contribution in [0, 0.1) is 13.8 Å². The lowest BCUT2D eigenvalue weighted by molar-refractivity contribution is 0.576. The standard InChI is InChI=1S/C23H32/c1-16-9-11-18(20(13-16)22(3,4)5)15-19-12-10-17(2)14-21(19)23(6,7)8/h9-14H,15H2,1-8H3. The van der Waals surface area contributed by atoms with Gasteiger partial charge in [0, 0.05) is 0 Å².